The molecule has 0 spiro atoms. The van der Waals surface area contributed by atoms with Crippen molar-refractivity contribution >= 4 is 34.8 Å². The van der Waals surface area contributed by atoms with Crippen molar-refractivity contribution < 1.29 is 0 Å². The number of halogens is 1. The van der Waals surface area contributed by atoms with Crippen LogP contribution in [0.1, 0.15) is 17.0 Å². The molecule has 0 saturated heterocycles. The zero-order valence-electron chi connectivity index (χ0n) is 6.99. The molecular weight excluding hydrogens is 208 g/mol. The van der Waals surface area contributed by atoms with E-state index in [1.807, 2.05) is 0 Å². The van der Waals surface area contributed by atoms with Crippen molar-refractivity contribution in [2.75, 3.05) is 0 Å². The molecule has 0 atom stereocenters. The summed E-state index contributed by atoms with van der Waals surface area (Å²) >= 11 is 1.59. The maximum absolute atomic E-state index is 5.24. The molecule has 0 unspecified atom stereocenters. The van der Waals surface area contributed by atoms with E-state index in [4.69, 9.17) is 11.5 Å². The molecule has 0 bridgehead atoms. The van der Waals surface area contributed by atoms with Gasteiger partial charge in [-0.3, -0.25) is 0 Å². The van der Waals surface area contributed by atoms with Gasteiger partial charge in [0.25, 0.3) is 0 Å². The molecule has 1 aliphatic rings. The Balaban J connectivity index is 0.000000845. The van der Waals surface area contributed by atoms with E-state index in [1.165, 1.54) is 17.0 Å². The first-order valence-corrected chi connectivity index (χ1v) is 4.65. The van der Waals surface area contributed by atoms with Gasteiger partial charge >= 0.3 is 0 Å². The lowest BCUT2D eigenvalue weighted by Gasteiger charge is -1.87. The topological polar surface area (TPSA) is 77.3 Å². The van der Waals surface area contributed by atoms with Gasteiger partial charge in [-0.15, -0.1) is 12.4 Å². The molecule has 1 aliphatic carbocycles. The smallest absolute Gasteiger partial charge is 0.212 e. The lowest BCUT2D eigenvalue weighted by atomic mass is 10.4. The molecule has 0 amide bonds. The highest BCUT2D eigenvalue weighted by atomic mass is 35.5. The lowest BCUT2D eigenvalue weighted by Crippen LogP contribution is -2.21. The monoisotopic (exact) mass is 218 g/mol. The summed E-state index contributed by atoms with van der Waals surface area (Å²) in [6.07, 6.45) is 3.43. The molecule has 0 radical (unpaired) electrons. The summed E-state index contributed by atoms with van der Waals surface area (Å²) in [5, 5.41) is 0.694. The molecule has 4 nitrogen and oxygen atoms in total. The van der Waals surface area contributed by atoms with Crippen molar-refractivity contribution in [3.8, 4) is 0 Å². The van der Waals surface area contributed by atoms with Crippen LogP contribution in [-0.4, -0.2) is 10.9 Å². The Hall–Kier alpha value is -0.810. The van der Waals surface area contributed by atoms with Crippen LogP contribution in [0.5, 0.6) is 0 Å². The molecule has 1 aromatic heterocycles. The van der Waals surface area contributed by atoms with Gasteiger partial charge in [-0.05, 0) is 19.3 Å². The quantitative estimate of drug-likeness (QED) is 0.545. The predicted molar refractivity (Wildman–Crippen MR) is 56.9 cm³/mol. The van der Waals surface area contributed by atoms with E-state index >= 15 is 0 Å². The van der Waals surface area contributed by atoms with E-state index in [0.29, 0.717) is 5.13 Å². The van der Waals surface area contributed by atoms with E-state index in [2.05, 4.69) is 9.98 Å². The Morgan fingerprint density at radius 1 is 1.38 bits per heavy atom. The van der Waals surface area contributed by atoms with Crippen molar-refractivity contribution in [2.24, 2.45) is 16.5 Å². The normalized spacial score (nSPS) is 13.2. The van der Waals surface area contributed by atoms with Gasteiger partial charge in [0.1, 0.15) is 0 Å². The predicted octanol–water partition coefficient (Wildman–Crippen LogP) is 0.959. The number of guanidine groups is 1. The van der Waals surface area contributed by atoms with Crippen molar-refractivity contribution in [1.82, 2.24) is 4.98 Å². The molecule has 72 valence electrons. The fraction of sp³-hybridized carbons (Fsp3) is 0.429. The number of rotatable bonds is 1. The van der Waals surface area contributed by atoms with E-state index in [0.717, 1.165) is 12.8 Å². The zero-order valence-corrected chi connectivity index (χ0v) is 8.62. The SMILES string of the molecule is Cl.NC(N)=Nc1nc2c(s1)CCC2. The number of nitrogens with two attached hydrogens (primary N) is 2. The van der Waals surface area contributed by atoms with Crippen molar-refractivity contribution in [2.45, 2.75) is 19.3 Å². The molecule has 1 aromatic rings. The number of nitrogens with zero attached hydrogens (tertiary/aromatic N) is 2. The van der Waals surface area contributed by atoms with Gasteiger partial charge in [-0.2, -0.15) is 4.99 Å². The summed E-state index contributed by atoms with van der Waals surface area (Å²) in [5.41, 5.74) is 11.7. The van der Waals surface area contributed by atoms with Gasteiger partial charge in [-0.25, -0.2) is 4.98 Å². The van der Waals surface area contributed by atoms with E-state index in [-0.39, 0.29) is 18.4 Å². The third-order valence-electron chi connectivity index (χ3n) is 1.81. The highest BCUT2D eigenvalue weighted by molar-refractivity contribution is 7.15. The van der Waals surface area contributed by atoms with Crippen LogP contribution in [-0.2, 0) is 12.8 Å². The Kier molecular flexibility index (Phi) is 3.11. The Labute approximate surface area is 86.5 Å². The largest absolute Gasteiger partial charge is 0.370 e. The summed E-state index contributed by atoms with van der Waals surface area (Å²) in [5.74, 6) is 0.0856. The summed E-state index contributed by atoms with van der Waals surface area (Å²) < 4.78 is 0. The molecule has 0 saturated carbocycles. The summed E-state index contributed by atoms with van der Waals surface area (Å²) in [4.78, 5) is 9.55. The number of hydrogen-bond donors (Lipinski definition) is 2. The average molecular weight is 219 g/mol. The molecule has 6 heteroatoms. The molecule has 1 heterocycles. The van der Waals surface area contributed by atoms with E-state index in [1.54, 1.807) is 11.3 Å². The number of aryl methyl sites for hydroxylation is 2. The molecule has 4 N–H and O–H groups in total. The molecule has 0 aromatic carbocycles. The molecular formula is C7H11ClN4S. The minimum Gasteiger partial charge on any atom is -0.370 e. The number of fused-ring (bicyclic) bond motifs is 1. The van der Waals surface area contributed by atoms with Gasteiger partial charge in [0.05, 0.1) is 5.69 Å². The van der Waals surface area contributed by atoms with Crippen molar-refractivity contribution in [1.29, 1.82) is 0 Å². The van der Waals surface area contributed by atoms with Gasteiger partial charge in [0.2, 0.25) is 5.13 Å². The molecule has 0 fully saturated rings. The average Bonchev–Trinajstić information content (AvgIpc) is 2.43. The van der Waals surface area contributed by atoms with Gasteiger partial charge in [0.15, 0.2) is 5.96 Å². The third-order valence-corrected chi connectivity index (χ3v) is 2.86. The van der Waals surface area contributed by atoms with E-state index in [9.17, 15) is 0 Å². The summed E-state index contributed by atoms with van der Waals surface area (Å²) in [7, 11) is 0. The molecule has 2 rings (SSSR count). The van der Waals surface area contributed by atoms with Crippen LogP contribution in [0.15, 0.2) is 4.99 Å². The first-order valence-electron chi connectivity index (χ1n) is 3.84. The van der Waals surface area contributed by atoms with Crippen LogP contribution in [0.4, 0.5) is 5.13 Å². The van der Waals surface area contributed by atoms with Crippen LogP contribution in [0.3, 0.4) is 0 Å². The number of thiazole rings is 1. The van der Waals surface area contributed by atoms with Crippen LogP contribution in [0.2, 0.25) is 0 Å². The van der Waals surface area contributed by atoms with Gasteiger partial charge in [-0.1, -0.05) is 11.3 Å². The second-order valence-corrected chi connectivity index (χ2v) is 3.82. The van der Waals surface area contributed by atoms with Crippen LogP contribution in [0.25, 0.3) is 0 Å². The van der Waals surface area contributed by atoms with E-state index < -0.39 is 0 Å². The third kappa shape index (κ3) is 2.10. The van der Waals surface area contributed by atoms with Gasteiger partial charge in [0, 0.05) is 4.88 Å². The number of aliphatic imine (C=N–C) groups is 1. The Morgan fingerprint density at radius 2 is 2.15 bits per heavy atom. The molecule has 13 heavy (non-hydrogen) atoms. The zero-order chi connectivity index (χ0) is 8.55. The lowest BCUT2D eigenvalue weighted by molar-refractivity contribution is 0.899. The highest BCUT2D eigenvalue weighted by Gasteiger charge is 2.16. The standard InChI is InChI=1S/C7H10N4S.ClH/c8-6(9)11-7-10-4-2-1-3-5(4)12-7;/h1-3H2,(H4,8,9,10,11);1H. The first-order chi connectivity index (χ1) is 5.75. The maximum atomic E-state index is 5.24. The Bertz CT molecular complexity index is 308. The molecule has 0 aliphatic heterocycles. The van der Waals surface area contributed by atoms with Gasteiger partial charge < -0.3 is 11.5 Å². The highest BCUT2D eigenvalue weighted by Crippen LogP contribution is 2.31. The Morgan fingerprint density at radius 3 is 2.77 bits per heavy atom. The van der Waals surface area contributed by atoms with Crippen LogP contribution >= 0.6 is 23.7 Å². The first kappa shape index (κ1) is 10.3. The van der Waals surface area contributed by atoms with Crippen molar-refractivity contribution in [3.05, 3.63) is 10.6 Å². The number of aromatic nitrogens is 1. The maximum Gasteiger partial charge on any atom is 0.212 e. The van der Waals surface area contributed by atoms with Crippen molar-refractivity contribution in [3.63, 3.8) is 0 Å². The summed E-state index contributed by atoms with van der Waals surface area (Å²) in [6.45, 7) is 0. The fourth-order valence-electron chi connectivity index (χ4n) is 1.34. The summed E-state index contributed by atoms with van der Waals surface area (Å²) in [6, 6.07) is 0. The second-order valence-electron chi connectivity index (χ2n) is 2.76. The van der Waals surface area contributed by atoms with Crippen LogP contribution in [0, 0.1) is 0 Å². The number of hydrogen-bond acceptors (Lipinski definition) is 3. The van der Waals surface area contributed by atoms with Crippen LogP contribution < -0.4 is 11.5 Å². The minimum atomic E-state index is 0. The second kappa shape index (κ2) is 3.93. The minimum absolute atomic E-state index is 0. The fourth-order valence-corrected chi connectivity index (χ4v) is 2.37.